The first-order valence-corrected chi connectivity index (χ1v) is 7.84. The molecule has 0 amide bonds. The Morgan fingerprint density at radius 1 is 1.10 bits per heavy atom. The molecule has 1 atom stereocenters. The van der Waals surface area contributed by atoms with Gasteiger partial charge in [-0.05, 0) is 71.3 Å². The van der Waals surface area contributed by atoms with Gasteiger partial charge in [-0.15, -0.1) is 0 Å². The Labute approximate surface area is 126 Å². The van der Waals surface area contributed by atoms with Crippen molar-refractivity contribution in [1.82, 2.24) is 10.2 Å². The normalized spacial score (nSPS) is 19.2. The Hall–Kier alpha value is -1.00. The van der Waals surface area contributed by atoms with Crippen LogP contribution in [0.2, 0.25) is 0 Å². The van der Waals surface area contributed by atoms with Crippen LogP contribution in [0.1, 0.15) is 50.8 Å². The molecule has 1 heterocycles. The average molecular weight is 296 g/mol. The molecule has 21 heavy (non-hydrogen) atoms. The highest BCUT2D eigenvalue weighted by Gasteiger charge is 2.23. The lowest BCUT2D eigenvalue weighted by Crippen LogP contribution is -2.45. The van der Waals surface area contributed by atoms with E-state index in [1.165, 1.54) is 12.1 Å². The van der Waals surface area contributed by atoms with E-state index in [9.17, 15) is 8.78 Å². The van der Waals surface area contributed by atoms with Gasteiger partial charge in [0.2, 0.25) is 0 Å². The van der Waals surface area contributed by atoms with Gasteiger partial charge in [0.15, 0.2) is 0 Å². The van der Waals surface area contributed by atoms with Crippen molar-refractivity contribution in [3.63, 3.8) is 0 Å². The van der Waals surface area contributed by atoms with Crippen LogP contribution < -0.4 is 5.32 Å². The lowest BCUT2D eigenvalue weighted by Gasteiger charge is -2.36. The molecule has 0 spiro atoms. The predicted octanol–water partition coefficient (Wildman–Crippen LogP) is 3.80. The summed E-state index contributed by atoms with van der Waals surface area (Å²) in [5.74, 6) is -0.664. The van der Waals surface area contributed by atoms with Crippen molar-refractivity contribution in [3.05, 3.63) is 34.9 Å². The molecule has 1 aromatic rings. The van der Waals surface area contributed by atoms with Crippen molar-refractivity contribution in [1.29, 1.82) is 0 Å². The van der Waals surface area contributed by atoms with Gasteiger partial charge in [0.25, 0.3) is 0 Å². The number of likely N-dealkylation sites (tertiary alicyclic amines) is 1. The highest BCUT2D eigenvalue weighted by atomic mass is 19.1. The van der Waals surface area contributed by atoms with Gasteiger partial charge in [0.1, 0.15) is 11.6 Å². The zero-order chi connectivity index (χ0) is 15.6. The van der Waals surface area contributed by atoms with Crippen LogP contribution in [-0.4, -0.2) is 30.1 Å². The van der Waals surface area contributed by atoms with Crippen LogP contribution in [0.3, 0.4) is 0 Å². The Bertz CT molecular complexity index is 480. The van der Waals surface area contributed by atoms with Crippen LogP contribution in [0.5, 0.6) is 0 Å². The molecular formula is C17H26F2N2. The van der Waals surface area contributed by atoms with E-state index >= 15 is 0 Å². The summed E-state index contributed by atoms with van der Waals surface area (Å²) in [5.41, 5.74) is 0.776. The maximum absolute atomic E-state index is 14.0. The number of rotatable bonds is 4. The fourth-order valence-corrected chi connectivity index (χ4v) is 3.02. The van der Waals surface area contributed by atoms with E-state index < -0.39 is 0 Å². The Morgan fingerprint density at radius 2 is 1.71 bits per heavy atom. The summed E-state index contributed by atoms with van der Waals surface area (Å²) < 4.78 is 27.6. The zero-order valence-electron chi connectivity index (χ0n) is 13.4. The van der Waals surface area contributed by atoms with Gasteiger partial charge in [-0.25, -0.2) is 8.78 Å². The molecule has 1 aliphatic rings. The number of nitrogens with one attached hydrogen (secondary N) is 1. The smallest absolute Gasteiger partial charge is 0.128 e. The van der Waals surface area contributed by atoms with Gasteiger partial charge < -0.3 is 10.2 Å². The molecule has 0 aliphatic carbocycles. The monoisotopic (exact) mass is 296 g/mol. The van der Waals surface area contributed by atoms with Crippen LogP contribution >= 0.6 is 0 Å². The number of hydrogen-bond donors (Lipinski definition) is 1. The number of piperidine rings is 1. The van der Waals surface area contributed by atoms with Crippen LogP contribution in [0.25, 0.3) is 0 Å². The van der Waals surface area contributed by atoms with Gasteiger partial charge in [-0.1, -0.05) is 0 Å². The van der Waals surface area contributed by atoms with Crippen LogP contribution in [-0.2, 0) is 0 Å². The average Bonchev–Trinajstić information content (AvgIpc) is 2.43. The number of nitrogens with zero attached hydrogens (tertiary/aromatic N) is 1. The van der Waals surface area contributed by atoms with E-state index in [1.54, 1.807) is 6.92 Å². The fourth-order valence-electron chi connectivity index (χ4n) is 3.02. The van der Waals surface area contributed by atoms with E-state index in [0.29, 0.717) is 23.2 Å². The largest absolute Gasteiger partial charge is 0.307 e. The minimum Gasteiger partial charge on any atom is -0.307 e. The standard InChI is InChI=1S/C17H26F2N2/c1-11(2)21-7-5-14(6-8-21)20-13(4)15-10-16(18)12(3)9-17(15)19/h9-11,13-14,20H,5-8H2,1-4H3. The second kappa shape index (κ2) is 6.84. The van der Waals surface area contributed by atoms with Gasteiger partial charge in [0, 0.05) is 23.7 Å². The third-order valence-electron chi connectivity index (χ3n) is 4.49. The molecule has 2 rings (SSSR count). The highest BCUT2D eigenvalue weighted by Crippen LogP contribution is 2.23. The maximum Gasteiger partial charge on any atom is 0.128 e. The summed E-state index contributed by atoms with van der Waals surface area (Å²) >= 11 is 0. The molecule has 1 aromatic carbocycles. The molecule has 0 aromatic heterocycles. The molecule has 0 radical (unpaired) electrons. The maximum atomic E-state index is 14.0. The molecule has 118 valence electrons. The van der Waals surface area contributed by atoms with Crippen molar-refractivity contribution >= 4 is 0 Å². The summed E-state index contributed by atoms with van der Waals surface area (Å²) in [6, 6.07) is 3.39. The summed E-state index contributed by atoms with van der Waals surface area (Å²) in [5, 5.41) is 3.45. The highest BCUT2D eigenvalue weighted by molar-refractivity contribution is 5.27. The quantitative estimate of drug-likeness (QED) is 0.909. The van der Waals surface area contributed by atoms with Crippen LogP contribution in [0, 0.1) is 18.6 Å². The second-order valence-electron chi connectivity index (χ2n) is 6.42. The number of benzene rings is 1. The number of hydrogen-bond acceptors (Lipinski definition) is 2. The van der Waals surface area contributed by atoms with Gasteiger partial charge in [-0.2, -0.15) is 0 Å². The Balaban J connectivity index is 1.96. The van der Waals surface area contributed by atoms with Crippen molar-refractivity contribution in [3.8, 4) is 0 Å². The Kier molecular flexibility index (Phi) is 5.33. The first-order valence-electron chi connectivity index (χ1n) is 7.84. The van der Waals surface area contributed by atoms with Crippen molar-refractivity contribution in [2.75, 3.05) is 13.1 Å². The molecule has 0 bridgehead atoms. The molecule has 0 saturated carbocycles. The molecule has 2 nitrogen and oxygen atoms in total. The predicted molar refractivity (Wildman–Crippen MR) is 82.4 cm³/mol. The third kappa shape index (κ3) is 4.01. The summed E-state index contributed by atoms with van der Waals surface area (Å²) in [6.07, 6.45) is 2.11. The van der Waals surface area contributed by atoms with Crippen LogP contribution in [0.4, 0.5) is 8.78 Å². The van der Waals surface area contributed by atoms with Gasteiger partial charge >= 0.3 is 0 Å². The first kappa shape index (κ1) is 16.4. The summed E-state index contributed by atoms with van der Waals surface area (Å²) in [7, 11) is 0. The Morgan fingerprint density at radius 3 is 2.29 bits per heavy atom. The zero-order valence-corrected chi connectivity index (χ0v) is 13.4. The van der Waals surface area contributed by atoms with Crippen LogP contribution in [0.15, 0.2) is 12.1 Å². The van der Waals surface area contributed by atoms with E-state index in [4.69, 9.17) is 0 Å². The number of aryl methyl sites for hydroxylation is 1. The van der Waals surface area contributed by atoms with Crippen molar-refractivity contribution in [2.45, 2.75) is 58.7 Å². The van der Waals surface area contributed by atoms with Crippen molar-refractivity contribution in [2.24, 2.45) is 0 Å². The first-order chi connectivity index (χ1) is 9.88. The van der Waals surface area contributed by atoms with E-state index in [-0.39, 0.29) is 17.7 Å². The van der Waals surface area contributed by atoms with Gasteiger partial charge in [-0.3, -0.25) is 0 Å². The van der Waals surface area contributed by atoms with Gasteiger partial charge in [0.05, 0.1) is 0 Å². The third-order valence-corrected chi connectivity index (χ3v) is 4.49. The molecule has 1 saturated heterocycles. The lowest BCUT2D eigenvalue weighted by atomic mass is 9.99. The molecule has 1 aliphatic heterocycles. The SMILES string of the molecule is Cc1cc(F)c(C(C)NC2CCN(C(C)C)CC2)cc1F. The number of halogens is 2. The summed E-state index contributed by atoms with van der Waals surface area (Å²) in [6.45, 7) is 10.0. The minimum absolute atomic E-state index is 0.171. The molecule has 4 heteroatoms. The lowest BCUT2D eigenvalue weighted by molar-refractivity contribution is 0.157. The summed E-state index contributed by atoms with van der Waals surface area (Å²) in [4.78, 5) is 2.45. The topological polar surface area (TPSA) is 15.3 Å². The van der Waals surface area contributed by atoms with Crippen molar-refractivity contribution < 1.29 is 8.78 Å². The molecule has 1 unspecified atom stereocenters. The molecule has 1 N–H and O–H groups in total. The minimum atomic E-state index is -0.338. The van der Waals surface area contributed by atoms with E-state index in [1.807, 2.05) is 6.92 Å². The second-order valence-corrected chi connectivity index (χ2v) is 6.42. The van der Waals surface area contributed by atoms with E-state index in [0.717, 1.165) is 25.9 Å². The fraction of sp³-hybridized carbons (Fsp3) is 0.647. The molecule has 1 fully saturated rings. The molecular weight excluding hydrogens is 270 g/mol. The van der Waals surface area contributed by atoms with E-state index in [2.05, 4.69) is 24.1 Å².